The first-order valence-corrected chi connectivity index (χ1v) is 10.0. The van der Waals surface area contributed by atoms with Gasteiger partial charge in [-0.2, -0.15) is 0 Å². The van der Waals surface area contributed by atoms with Crippen LogP contribution in [0.15, 0.2) is 54.6 Å². The van der Waals surface area contributed by atoms with Crippen molar-refractivity contribution in [2.45, 2.75) is 19.4 Å². The van der Waals surface area contributed by atoms with Crippen molar-refractivity contribution < 1.29 is 23.9 Å². The summed E-state index contributed by atoms with van der Waals surface area (Å²) in [5.41, 5.74) is 1.94. The number of likely N-dealkylation sites (tertiary alicyclic amines) is 1. The van der Waals surface area contributed by atoms with Gasteiger partial charge in [-0.3, -0.25) is 19.2 Å². The van der Waals surface area contributed by atoms with E-state index < -0.39 is 24.4 Å². The standard InChI is InChI=1S/C23H25N3O5/c1-15(16-6-4-3-5-7-16)26-13-18(12-21(26)28)23(30)31-14-20(27)25-19-10-8-17(9-11-19)22(29)24-2/h3-11,15,18H,12-14H2,1-2H3,(H,24,29)(H,25,27)/t15-,18+/m0/s1. The number of nitrogens with zero attached hydrogens (tertiary/aromatic N) is 1. The lowest BCUT2D eigenvalue weighted by Crippen LogP contribution is -2.30. The number of benzene rings is 2. The van der Waals surface area contributed by atoms with Crippen LogP contribution in [0, 0.1) is 5.92 Å². The first kappa shape index (κ1) is 22.0. The number of rotatable bonds is 7. The third-order valence-corrected chi connectivity index (χ3v) is 5.24. The molecule has 162 valence electrons. The van der Waals surface area contributed by atoms with E-state index in [4.69, 9.17) is 4.74 Å². The van der Waals surface area contributed by atoms with Gasteiger partial charge in [-0.1, -0.05) is 30.3 Å². The lowest BCUT2D eigenvalue weighted by molar-refractivity contribution is -0.151. The number of carbonyl (C=O) groups excluding carboxylic acids is 4. The summed E-state index contributed by atoms with van der Waals surface area (Å²) in [5.74, 6) is -2.01. The Labute approximate surface area is 180 Å². The van der Waals surface area contributed by atoms with Gasteiger partial charge in [-0.05, 0) is 36.8 Å². The van der Waals surface area contributed by atoms with Crippen LogP contribution in [0.25, 0.3) is 0 Å². The van der Waals surface area contributed by atoms with E-state index in [-0.39, 0.29) is 30.8 Å². The van der Waals surface area contributed by atoms with Crippen molar-refractivity contribution in [2.24, 2.45) is 5.92 Å². The molecule has 2 N–H and O–H groups in total. The minimum atomic E-state index is -0.599. The van der Waals surface area contributed by atoms with Crippen LogP contribution in [0.1, 0.15) is 35.3 Å². The summed E-state index contributed by atoms with van der Waals surface area (Å²) in [4.78, 5) is 50.1. The van der Waals surface area contributed by atoms with Crippen LogP contribution in [0.5, 0.6) is 0 Å². The van der Waals surface area contributed by atoms with Crippen molar-refractivity contribution in [2.75, 3.05) is 25.5 Å². The number of nitrogens with one attached hydrogen (secondary N) is 2. The summed E-state index contributed by atoms with van der Waals surface area (Å²) in [5, 5.41) is 5.12. The van der Waals surface area contributed by atoms with E-state index >= 15 is 0 Å². The Morgan fingerprint density at radius 1 is 1.10 bits per heavy atom. The van der Waals surface area contributed by atoms with Gasteiger partial charge < -0.3 is 20.3 Å². The maximum Gasteiger partial charge on any atom is 0.311 e. The first-order valence-electron chi connectivity index (χ1n) is 10.0. The SMILES string of the molecule is CNC(=O)c1ccc(NC(=O)COC(=O)[C@@H]2CC(=O)N([C@@H](C)c3ccccc3)C2)cc1. The number of amides is 3. The molecule has 3 amide bonds. The molecule has 2 aromatic rings. The van der Waals surface area contributed by atoms with Crippen LogP contribution in [0.3, 0.4) is 0 Å². The first-order chi connectivity index (χ1) is 14.9. The fourth-order valence-corrected chi connectivity index (χ4v) is 3.48. The normalized spacial score (nSPS) is 16.5. The molecular weight excluding hydrogens is 398 g/mol. The third kappa shape index (κ3) is 5.48. The smallest absolute Gasteiger partial charge is 0.311 e. The number of esters is 1. The molecule has 8 heteroatoms. The minimum Gasteiger partial charge on any atom is -0.455 e. The van der Waals surface area contributed by atoms with Crippen molar-refractivity contribution >= 4 is 29.4 Å². The lowest BCUT2D eigenvalue weighted by Gasteiger charge is -2.25. The molecule has 8 nitrogen and oxygen atoms in total. The highest BCUT2D eigenvalue weighted by atomic mass is 16.5. The average Bonchev–Trinajstić information content (AvgIpc) is 3.19. The van der Waals surface area contributed by atoms with Gasteiger partial charge in [0, 0.05) is 31.3 Å². The van der Waals surface area contributed by atoms with Gasteiger partial charge in [0.2, 0.25) is 5.91 Å². The highest BCUT2D eigenvalue weighted by molar-refractivity contribution is 5.96. The number of anilines is 1. The zero-order valence-corrected chi connectivity index (χ0v) is 17.5. The van der Waals surface area contributed by atoms with Gasteiger partial charge in [-0.25, -0.2) is 0 Å². The molecule has 0 saturated carbocycles. The molecule has 2 aromatic carbocycles. The van der Waals surface area contributed by atoms with Gasteiger partial charge in [-0.15, -0.1) is 0 Å². The maximum atomic E-state index is 12.4. The van der Waals surface area contributed by atoms with Crippen LogP contribution in [0.2, 0.25) is 0 Å². The Morgan fingerprint density at radius 2 is 1.77 bits per heavy atom. The van der Waals surface area contributed by atoms with Crippen molar-refractivity contribution in [1.29, 1.82) is 0 Å². The molecule has 1 fully saturated rings. The zero-order chi connectivity index (χ0) is 22.4. The van der Waals surface area contributed by atoms with Crippen LogP contribution in [0.4, 0.5) is 5.69 Å². The molecule has 1 aliphatic heterocycles. The second-order valence-electron chi connectivity index (χ2n) is 7.35. The Bertz CT molecular complexity index is 959. The molecule has 1 heterocycles. The van der Waals surface area contributed by atoms with E-state index in [1.54, 1.807) is 29.2 Å². The Hall–Kier alpha value is -3.68. The Balaban J connectivity index is 1.48. The van der Waals surface area contributed by atoms with Crippen LogP contribution in [-0.2, 0) is 19.1 Å². The fourth-order valence-electron chi connectivity index (χ4n) is 3.48. The molecule has 0 unspecified atom stereocenters. The number of ether oxygens (including phenoxy) is 1. The van der Waals surface area contributed by atoms with Gasteiger partial charge in [0.05, 0.1) is 12.0 Å². The lowest BCUT2D eigenvalue weighted by atomic mass is 10.1. The van der Waals surface area contributed by atoms with Crippen molar-refractivity contribution in [3.05, 3.63) is 65.7 Å². The molecule has 0 radical (unpaired) electrons. The summed E-state index contributed by atoms with van der Waals surface area (Å²) >= 11 is 0. The van der Waals surface area contributed by atoms with Gasteiger partial charge in [0.25, 0.3) is 11.8 Å². The predicted octanol–water partition coefficient (Wildman–Crippen LogP) is 2.14. The fraction of sp³-hybridized carbons (Fsp3) is 0.304. The van der Waals surface area contributed by atoms with Gasteiger partial charge in [0.1, 0.15) is 0 Å². The molecule has 1 aliphatic rings. The van der Waals surface area contributed by atoms with Crippen LogP contribution in [-0.4, -0.2) is 48.8 Å². The van der Waals surface area contributed by atoms with Crippen LogP contribution < -0.4 is 10.6 Å². The summed E-state index contributed by atoms with van der Waals surface area (Å²) in [6.45, 7) is 1.73. The molecule has 3 rings (SSSR count). The van der Waals surface area contributed by atoms with Crippen LogP contribution >= 0.6 is 0 Å². The molecule has 1 saturated heterocycles. The van der Waals surface area contributed by atoms with E-state index in [0.717, 1.165) is 5.56 Å². The molecule has 0 aliphatic carbocycles. The predicted molar refractivity (Wildman–Crippen MR) is 114 cm³/mol. The molecular formula is C23H25N3O5. The van der Waals surface area contributed by atoms with Gasteiger partial charge in [0.15, 0.2) is 6.61 Å². The number of carbonyl (C=O) groups is 4. The van der Waals surface area contributed by atoms with E-state index in [1.807, 2.05) is 37.3 Å². The number of hydrogen-bond acceptors (Lipinski definition) is 5. The maximum absolute atomic E-state index is 12.4. The van der Waals surface area contributed by atoms with Crippen molar-refractivity contribution in [3.63, 3.8) is 0 Å². The molecule has 2 atom stereocenters. The van der Waals surface area contributed by atoms with E-state index in [9.17, 15) is 19.2 Å². The second-order valence-corrected chi connectivity index (χ2v) is 7.35. The summed E-state index contributed by atoms with van der Waals surface area (Å²) < 4.78 is 5.13. The molecule has 0 aromatic heterocycles. The van der Waals surface area contributed by atoms with Crippen molar-refractivity contribution in [1.82, 2.24) is 10.2 Å². The van der Waals surface area contributed by atoms with E-state index in [0.29, 0.717) is 11.3 Å². The van der Waals surface area contributed by atoms with Crippen molar-refractivity contribution in [3.8, 4) is 0 Å². The summed E-state index contributed by atoms with van der Waals surface area (Å²) in [7, 11) is 1.53. The summed E-state index contributed by atoms with van der Waals surface area (Å²) in [6.07, 6.45) is 0.0680. The second kappa shape index (κ2) is 9.88. The minimum absolute atomic E-state index is 0.0680. The average molecular weight is 423 g/mol. The number of hydrogen-bond donors (Lipinski definition) is 2. The van der Waals surface area contributed by atoms with E-state index in [1.165, 1.54) is 7.05 Å². The largest absolute Gasteiger partial charge is 0.455 e. The Kier molecular flexibility index (Phi) is 7.02. The Morgan fingerprint density at radius 3 is 2.42 bits per heavy atom. The molecule has 0 spiro atoms. The third-order valence-electron chi connectivity index (χ3n) is 5.24. The zero-order valence-electron chi connectivity index (χ0n) is 17.5. The van der Waals surface area contributed by atoms with Gasteiger partial charge >= 0.3 is 5.97 Å². The monoisotopic (exact) mass is 423 g/mol. The highest BCUT2D eigenvalue weighted by Crippen LogP contribution is 2.29. The topological polar surface area (TPSA) is 105 Å². The quantitative estimate of drug-likeness (QED) is 0.664. The molecule has 0 bridgehead atoms. The van der Waals surface area contributed by atoms with E-state index in [2.05, 4.69) is 10.6 Å². The summed E-state index contributed by atoms with van der Waals surface area (Å²) in [6, 6.07) is 15.8. The molecule has 31 heavy (non-hydrogen) atoms. The highest BCUT2D eigenvalue weighted by Gasteiger charge is 2.38.